The van der Waals surface area contributed by atoms with Gasteiger partial charge >= 0.3 is 0 Å². The zero-order chi connectivity index (χ0) is 12.6. The Morgan fingerprint density at radius 2 is 2.11 bits per heavy atom. The molecule has 0 aromatic carbocycles. The molecule has 0 unspecified atom stereocenters. The highest BCUT2D eigenvalue weighted by molar-refractivity contribution is 5.38. The summed E-state index contributed by atoms with van der Waals surface area (Å²) < 4.78 is 13.4. The molecule has 1 fully saturated rings. The first-order valence-corrected chi connectivity index (χ1v) is 5.99. The van der Waals surface area contributed by atoms with E-state index in [-0.39, 0.29) is 0 Å². The third-order valence-electron chi connectivity index (χ3n) is 3.10. The van der Waals surface area contributed by atoms with Crippen LogP contribution in [0, 0.1) is 0 Å². The molecule has 2 aromatic rings. The molecule has 1 N–H and O–H groups in total. The van der Waals surface area contributed by atoms with Gasteiger partial charge in [-0.3, -0.25) is 4.98 Å². The number of anilines is 1. The van der Waals surface area contributed by atoms with Crippen molar-refractivity contribution in [3.63, 3.8) is 0 Å². The largest absolute Gasteiger partial charge is 0.336 e. The SMILES string of the molecule is CC1(F)CN(c2ncc(Cc3ccncc3)[nH]2)C1. The zero-order valence-electron chi connectivity index (χ0n) is 10.2. The van der Waals surface area contributed by atoms with Crippen molar-refractivity contribution in [2.45, 2.75) is 19.0 Å². The van der Waals surface area contributed by atoms with Crippen LogP contribution in [0.4, 0.5) is 10.3 Å². The van der Waals surface area contributed by atoms with Crippen LogP contribution in [0.1, 0.15) is 18.2 Å². The van der Waals surface area contributed by atoms with Crippen LogP contribution >= 0.6 is 0 Å². The Bertz CT molecular complexity index is 527. The number of nitrogens with zero attached hydrogens (tertiary/aromatic N) is 3. The van der Waals surface area contributed by atoms with E-state index >= 15 is 0 Å². The quantitative estimate of drug-likeness (QED) is 0.900. The first kappa shape index (κ1) is 11.2. The van der Waals surface area contributed by atoms with Gasteiger partial charge < -0.3 is 9.88 Å². The number of hydrogen-bond acceptors (Lipinski definition) is 3. The van der Waals surface area contributed by atoms with Crippen LogP contribution in [-0.4, -0.2) is 33.7 Å². The molecule has 3 rings (SSSR count). The molecule has 1 saturated heterocycles. The highest BCUT2D eigenvalue weighted by Crippen LogP contribution is 2.28. The second kappa shape index (κ2) is 4.08. The molecule has 1 aliphatic rings. The van der Waals surface area contributed by atoms with E-state index in [0.29, 0.717) is 13.1 Å². The van der Waals surface area contributed by atoms with Crippen molar-refractivity contribution in [2.24, 2.45) is 0 Å². The van der Waals surface area contributed by atoms with Crippen molar-refractivity contribution >= 4 is 5.95 Å². The molecule has 3 heterocycles. The first-order valence-electron chi connectivity index (χ1n) is 5.99. The second-order valence-corrected chi connectivity index (χ2v) is 5.03. The average molecular weight is 246 g/mol. The number of pyridine rings is 1. The molecule has 0 aliphatic carbocycles. The van der Waals surface area contributed by atoms with Gasteiger partial charge in [0.05, 0.1) is 19.3 Å². The van der Waals surface area contributed by atoms with Crippen LogP contribution in [0.3, 0.4) is 0 Å². The van der Waals surface area contributed by atoms with E-state index in [1.807, 2.05) is 23.2 Å². The van der Waals surface area contributed by atoms with E-state index in [1.165, 1.54) is 5.56 Å². The molecule has 0 radical (unpaired) electrons. The average Bonchev–Trinajstić information content (AvgIpc) is 2.75. The minimum absolute atomic E-state index is 0.412. The number of H-pyrrole nitrogens is 1. The minimum atomic E-state index is -1.07. The highest BCUT2D eigenvalue weighted by atomic mass is 19.1. The van der Waals surface area contributed by atoms with Gasteiger partial charge in [0.1, 0.15) is 5.67 Å². The summed E-state index contributed by atoms with van der Waals surface area (Å²) in [5.41, 5.74) is 1.14. The Hall–Kier alpha value is -1.91. The fraction of sp³-hybridized carbons (Fsp3) is 0.385. The topological polar surface area (TPSA) is 44.8 Å². The van der Waals surface area contributed by atoms with Gasteiger partial charge in [0.2, 0.25) is 5.95 Å². The Labute approximate surface area is 105 Å². The third-order valence-corrected chi connectivity index (χ3v) is 3.10. The van der Waals surface area contributed by atoms with Crippen LogP contribution in [0.25, 0.3) is 0 Å². The Morgan fingerprint density at radius 3 is 2.78 bits per heavy atom. The van der Waals surface area contributed by atoms with Crippen molar-refractivity contribution < 1.29 is 4.39 Å². The van der Waals surface area contributed by atoms with Gasteiger partial charge in [-0.2, -0.15) is 0 Å². The number of hydrogen-bond donors (Lipinski definition) is 1. The van der Waals surface area contributed by atoms with E-state index in [0.717, 1.165) is 18.1 Å². The van der Waals surface area contributed by atoms with Crippen LogP contribution in [0.5, 0.6) is 0 Å². The molecule has 0 amide bonds. The second-order valence-electron chi connectivity index (χ2n) is 5.03. The van der Waals surface area contributed by atoms with Gasteiger partial charge in [-0.1, -0.05) is 0 Å². The van der Waals surface area contributed by atoms with E-state index in [4.69, 9.17) is 0 Å². The molecule has 94 valence electrons. The normalized spacial score (nSPS) is 17.6. The van der Waals surface area contributed by atoms with E-state index in [1.54, 1.807) is 19.3 Å². The lowest BCUT2D eigenvalue weighted by Gasteiger charge is -2.41. The number of imidazole rings is 1. The first-order chi connectivity index (χ1) is 8.62. The van der Waals surface area contributed by atoms with Crippen molar-refractivity contribution in [2.75, 3.05) is 18.0 Å². The van der Waals surface area contributed by atoms with Crippen molar-refractivity contribution in [3.05, 3.63) is 42.0 Å². The molecule has 5 heteroatoms. The predicted molar refractivity (Wildman–Crippen MR) is 67.4 cm³/mol. The lowest BCUT2D eigenvalue weighted by molar-refractivity contribution is 0.143. The van der Waals surface area contributed by atoms with E-state index < -0.39 is 5.67 Å². The maximum absolute atomic E-state index is 13.4. The monoisotopic (exact) mass is 246 g/mol. The van der Waals surface area contributed by atoms with Gasteiger partial charge in [0, 0.05) is 24.5 Å². The molecular weight excluding hydrogens is 231 g/mol. The number of rotatable bonds is 3. The van der Waals surface area contributed by atoms with Gasteiger partial charge in [-0.05, 0) is 24.6 Å². The summed E-state index contributed by atoms with van der Waals surface area (Å²) in [6.07, 6.45) is 6.15. The molecule has 0 saturated carbocycles. The number of alkyl halides is 1. The summed E-state index contributed by atoms with van der Waals surface area (Å²) in [6.45, 7) is 2.44. The van der Waals surface area contributed by atoms with Crippen LogP contribution in [-0.2, 0) is 6.42 Å². The van der Waals surface area contributed by atoms with Crippen LogP contribution < -0.4 is 4.90 Å². The summed E-state index contributed by atoms with van der Waals surface area (Å²) in [6, 6.07) is 3.95. The summed E-state index contributed by atoms with van der Waals surface area (Å²) in [4.78, 5) is 13.4. The van der Waals surface area contributed by atoms with Crippen molar-refractivity contribution in [3.8, 4) is 0 Å². The molecule has 4 nitrogen and oxygen atoms in total. The molecule has 1 aliphatic heterocycles. The molecule has 0 spiro atoms. The lowest BCUT2D eigenvalue weighted by Crippen LogP contribution is -2.57. The predicted octanol–water partition coefficient (Wildman–Crippen LogP) is 1.94. The Kier molecular flexibility index (Phi) is 2.54. The van der Waals surface area contributed by atoms with Crippen molar-refractivity contribution in [1.29, 1.82) is 0 Å². The van der Waals surface area contributed by atoms with Crippen LogP contribution in [0.15, 0.2) is 30.7 Å². The molecule has 2 aromatic heterocycles. The van der Waals surface area contributed by atoms with Gasteiger partial charge in [0.25, 0.3) is 0 Å². The van der Waals surface area contributed by atoms with E-state index in [9.17, 15) is 4.39 Å². The number of nitrogens with one attached hydrogen (secondary N) is 1. The minimum Gasteiger partial charge on any atom is -0.336 e. The lowest BCUT2D eigenvalue weighted by atomic mass is 10.0. The van der Waals surface area contributed by atoms with Gasteiger partial charge in [-0.15, -0.1) is 0 Å². The summed E-state index contributed by atoms with van der Waals surface area (Å²) in [7, 11) is 0. The number of aromatic amines is 1. The Balaban J connectivity index is 1.67. The molecule has 0 bridgehead atoms. The maximum atomic E-state index is 13.4. The van der Waals surface area contributed by atoms with Crippen molar-refractivity contribution in [1.82, 2.24) is 15.0 Å². The number of aromatic nitrogens is 3. The number of halogens is 1. The van der Waals surface area contributed by atoms with E-state index in [2.05, 4.69) is 15.0 Å². The van der Waals surface area contributed by atoms with Crippen LogP contribution in [0.2, 0.25) is 0 Å². The fourth-order valence-corrected chi connectivity index (χ4v) is 2.22. The third kappa shape index (κ3) is 2.20. The van der Waals surface area contributed by atoms with Gasteiger partial charge in [-0.25, -0.2) is 9.37 Å². The molecular formula is C13H15FN4. The molecule has 18 heavy (non-hydrogen) atoms. The Morgan fingerprint density at radius 1 is 1.39 bits per heavy atom. The maximum Gasteiger partial charge on any atom is 0.203 e. The van der Waals surface area contributed by atoms with Gasteiger partial charge in [0.15, 0.2) is 0 Å². The highest BCUT2D eigenvalue weighted by Gasteiger charge is 2.40. The molecule has 0 atom stereocenters. The smallest absolute Gasteiger partial charge is 0.203 e. The standard InChI is InChI=1S/C13H15FN4/c1-13(14)8-18(9-13)12-16-7-11(17-12)6-10-2-4-15-5-3-10/h2-5,7H,6,8-9H2,1H3,(H,16,17). The zero-order valence-corrected chi connectivity index (χ0v) is 10.2. The summed E-state index contributed by atoms with van der Waals surface area (Å²) in [5, 5.41) is 0. The summed E-state index contributed by atoms with van der Waals surface area (Å²) in [5.74, 6) is 0.759. The fourth-order valence-electron chi connectivity index (χ4n) is 2.22. The summed E-state index contributed by atoms with van der Waals surface area (Å²) >= 11 is 0.